The molecule has 5 aliphatic rings. The van der Waals surface area contributed by atoms with Gasteiger partial charge in [-0.15, -0.1) is 0 Å². The standard InChI is InChI=1S/C29H20F2N4O/c1-17(36-16-18-8-19(30)10-20(31)9-18)28-14-27-13-25-5-4-23(33-25)11-21-2-3-22(32-21)12-24-6-7-26(34-24)15-29(28)35-27/h2-15,17H,16H2,1H3/i14D. The van der Waals surface area contributed by atoms with Crippen LogP contribution in [-0.4, -0.2) is 29.0 Å². The van der Waals surface area contributed by atoms with E-state index in [1.807, 2.05) is 48.6 Å². The van der Waals surface area contributed by atoms with Crippen LogP contribution in [0.4, 0.5) is 8.78 Å². The molecule has 176 valence electrons. The zero-order valence-electron chi connectivity index (χ0n) is 20.2. The first kappa shape index (κ1) is 21.0. The van der Waals surface area contributed by atoms with Gasteiger partial charge in [0.05, 0.1) is 59.7 Å². The molecule has 7 heteroatoms. The smallest absolute Gasteiger partial charge is 0.126 e. The third-order valence-electron chi connectivity index (χ3n) is 5.82. The second kappa shape index (κ2) is 9.02. The van der Waals surface area contributed by atoms with Crippen molar-refractivity contribution in [3.63, 3.8) is 0 Å². The van der Waals surface area contributed by atoms with Crippen LogP contribution in [0.2, 0.25) is 0 Å². The Morgan fingerprint density at radius 1 is 0.722 bits per heavy atom. The van der Waals surface area contributed by atoms with E-state index in [4.69, 9.17) is 11.1 Å². The fourth-order valence-electron chi connectivity index (χ4n) is 4.16. The Balaban J connectivity index is 1.38. The summed E-state index contributed by atoms with van der Waals surface area (Å²) in [5.41, 5.74) is 6.33. The minimum absolute atomic E-state index is 0.0231. The van der Waals surface area contributed by atoms with Crippen LogP contribution in [0.5, 0.6) is 0 Å². The SMILES string of the molecule is [2H]C1=C(C(C)OCc2cc(F)cc(F)c2)C2=CC3=NC(=CC4=NC(=CC5=NC(=CC1=N2)C=C5)C=C4)C=C3. The maximum Gasteiger partial charge on any atom is 0.126 e. The normalized spacial score (nSPS) is 20.9. The van der Waals surface area contributed by atoms with Crippen molar-refractivity contribution < 1.29 is 14.9 Å². The van der Waals surface area contributed by atoms with Crippen molar-refractivity contribution in [2.24, 2.45) is 20.0 Å². The second-order valence-corrected chi connectivity index (χ2v) is 8.61. The molecule has 0 N–H and O–H groups in total. The third-order valence-corrected chi connectivity index (χ3v) is 5.82. The fraction of sp³-hybridized carbons (Fsp3) is 0.103. The van der Waals surface area contributed by atoms with Gasteiger partial charge in [-0.25, -0.2) is 28.8 Å². The van der Waals surface area contributed by atoms with Gasteiger partial charge in [-0.3, -0.25) is 0 Å². The van der Waals surface area contributed by atoms with Crippen molar-refractivity contribution in [1.82, 2.24) is 0 Å². The van der Waals surface area contributed by atoms with E-state index in [2.05, 4.69) is 15.0 Å². The van der Waals surface area contributed by atoms with E-state index in [0.717, 1.165) is 28.9 Å². The highest BCUT2D eigenvalue weighted by atomic mass is 19.1. The van der Waals surface area contributed by atoms with Gasteiger partial charge in [-0.2, -0.15) is 0 Å². The number of benzene rings is 1. The number of rotatable bonds is 4. The van der Waals surface area contributed by atoms with Crippen LogP contribution in [0, 0.1) is 11.6 Å². The van der Waals surface area contributed by atoms with E-state index < -0.39 is 17.7 Å². The first-order valence-corrected chi connectivity index (χ1v) is 11.4. The predicted molar refractivity (Wildman–Crippen MR) is 138 cm³/mol. The van der Waals surface area contributed by atoms with E-state index in [9.17, 15) is 8.78 Å². The number of halogens is 2. The van der Waals surface area contributed by atoms with Crippen molar-refractivity contribution in [3.8, 4) is 0 Å². The van der Waals surface area contributed by atoms with Crippen LogP contribution < -0.4 is 0 Å². The lowest BCUT2D eigenvalue weighted by Crippen LogP contribution is -2.12. The molecule has 0 saturated carbocycles. The van der Waals surface area contributed by atoms with E-state index in [0.29, 0.717) is 34.0 Å². The first-order chi connectivity index (χ1) is 17.9. The van der Waals surface area contributed by atoms with Crippen LogP contribution in [0.15, 0.2) is 133 Å². The Labute approximate surface area is 208 Å². The minimum Gasteiger partial charge on any atom is -0.369 e. The zero-order valence-corrected chi connectivity index (χ0v) is 19.2. The van der Waals surface area contributed by atoms with Crippen LogP contribution in [-0.2, 0) is 11.3 Å². The van der Waals surface area contributed by atoms with Gasteiger partial charge >= 0.3 is 0 Å². The number of allylic oxidation sites excluding steroid dienone is 11. The van der Waals surface area contributed by atoms with Crippen molar-refractivity contribution >= 4 is 22.8 Å². The van der Waals surface area contributed by atoms with Gasteiger partial charge in [0, 0.05) is 11.6 Å². The van der Waals surface area contributed by atoms with E-state index in [1.54, 1.807) is 19.1 Å². The maximum absolute atomic E-state index is 13.6. The van der Waals surface area contributed by atoms with Crippen molar-refractivity contribution in [3.05, 3.63) is 131 Å². The molecule has 0 fully saturated rings. The molecule has 5 aliphatic heterocycles. The van der Waals surface area contributed by atoms with Crippen LogP contribution in [0.3, 0.4) is 0 Å². The lowest BCUT2D eigenvalue weighted by molar-refractivity contribution is 0.0778. The molecule has 36 heavy (non-hydrogen) atoms. The van der Waals surface area contributed by atoms with Crippen LogP contribution >= 0.6 is 0 Å². The van der Waals surface area contributed by atoms with Crippen LogP contribution in [0.25, 0.3) is 0 Å². The molecule has 6 rings (SSSR count). The van der Waals surface area contributed by atoms with E-state index in [-0.39, 0.29) is 12.7 Å². The molecule has 0 aromatic heterocycles. The highest BCUT2D eigenvalue weighted by Crippen LogP contribution is 2.28. The Bertz CT molecular complexity index is 1590. The average molecular weight is 480 g/mol. The summed E-state index contributed by atoms with van der Waals surface area (Å²) < 4.78 is 42.1. The monoisotopic (exact) mass is 479 g/mol. The summed E-state index contributed by atoms with van der Waals surface area (Å²) in [7, 11) is 0. The largest absolute Gasteiger partial charge is 0.369 e. The lowest BCUT2D eigenvalue weighted by atomic mass is 10.1. The zero-order chi connectivity index (χ0) is 25.5. The lowest BCUT2D eigenvalue weighted by Gasteiger charge is -2.15. The van der Waals surface area contributed by atoms with Gasteiger partial charge in [0.25, 0.3) is 0 Å². The molecule has 1 aromatic rings. The summed E-state index contributed by atoms with van der Waals surface area (Å²) in [5, 5.41) is 0. The number of ether oxygens (including phenoxy) is 1. The molecule has 1 aromatic carbocycles. The van der Waals surface area contributed by atoms with Crippen molar-refractivity contribution in [2.45, 2.75) is 19.6 Å². The molecule has 0 amide bonds. The molecule has 0 saturated heterocycles. The molecule has 5 nitrogen and oxygen atoms in total. The highest BCUT2D eigenvalue weighted by Gasteiger charge is 2.22. The van der Waals surface area contributed by atoms with E-state index in [1.165, 1.54) is 12.1 Å². The van der Waals surface area contributed by atoms with Crippen molar-refractivity contribution in [2.75, 3.05) is 0 Å². The Kier molecular flexibility index (Phi) is 5.25. The van der Waals surface area contributed by atoms with Crippen molar-refractivity contribution in [1.29, 1.82) is 0 Å². The first-order valence-electron chi connectivity index (χ1n) is 11.9. The Morgan fingerprint density at radius 2 is 1.25 bits per heavy atom. The summed E-state index contributed by atoms with van der Waals surface area (Å²) in [6, 6.07) is 3.47. The number of hydrogen-bond acceptors (Lipinski definition) is 5. The number of fused-ring (bicyclic) bond motifs is 4. The number of aliphatic imine (C=N–C) groups is 4. The molecule has 1 atom stereocenters. The molecular formula is C29H20F2N4O. The van der Waals surface area contributed by atoms with E-state index >= 15 is 0 Å². The molecule has 0 radical (unpaired) electrons. The predicted octanol–water partition coefficient (Wildman–Crippen LogP) is 5.83. The number of nitrogens with zero attached hydrogens (tertiary/aromatic N) is 4. The molecule has 5 heterocycles. The Morgan fingerprint density at radius 3 is 1.83 bits per heavy atom. The molecule has 1 unspecified atom stereocenters. The Hall–Kier alpha value is -4.36. The van der Waals surface area contributed by atoms with Gasteiger partial charge in [0.15, 0.2) is 0 Å². The summed E-state index contributed by atoms with van der Waals surface area (Å²) in [6.07, 6.45) is 18.1. The van der Waals surface area contributed by atoms with Gasteiger partial charge in [-0.05, 0) is 91.4 Å². The molecule has 0 aliphatic carbocycles. The summed E-state index contributed by atoms with van der Waals surface area (Å²) >= 11 is 0. The molecule has 0 spiro atoms. The fourth-order valence-corrected chi connectivity index (χ4v) is 4.16. The quantitative estimate of drug-likeness (QED) is 0.536. The highest BCUT2D eigenvalue weighted by molar-refractivity contribution is 6.15. The summed E-state index contributed by atoms with van der Waals surface area (Å²) in [5.74, 6) is -1.34. The molecular weight excluding hydrogens is 458 g/mol. The van der Waals surface area contributed by atoms with Gasteiger partial charge in [0.2, 0.25) is 0 Å². The molecule has 8 bridgehead atoms. The minimum atomic E-state index is -0.668. The second-order valence-electron chi connectivity index (χ2n) is 8.61. The third kappa shape index (κ3) is 4.74. The summed E-state index contributed by atoms with van der Waals surface area (Å²) in [6.45, 7) is 1.77. The van der Waals surface area contributed by atoms with Crippen LogP contribution in [0.1, 0.15) is 13.9 Å². The van der Waals surface area contributed by atoms with Gasteiger partial charge in [-0.1, -0.05) is 0 Å². The van der Waals surface area contributed by atoms with Gasteiger partial charge < -0.3 is 4.74 Å². The van der Waals surface area contributed by atoms with Gasteiger partial charge in [0.1, 0.15) is 11.6 Å². The average Bonchev–Trinajstić information content (AvgIpc) is 3.63. The number of hydrogen-bond donors (Lipinski definition) is 0. The topological polar surface area (TPSA) is 58.7 Å². The summed E-state index contributed by atoms with van der Waals surface area (Å²) in [4.78, 5) is 18.6. The maximum atomic E-state index is 13.6.